The topological polar surface area (TPSA) is 81.7 Å². The quantitative estimate of drug-likeness (QED) is 0.804. The Balaban J connectivity index is 2.02. The van der Waals surface area contributed by atoms with Crippen molar-refractivity contribution in [1.82, 2.24) is 19.5 Å². The van der Waals surface area contributed by atoms with Crippen molar-refractivity contribution in [2.75, 3.05) is 11.1 Å². The van der Waals surface area contributed by atoms with Crippen LogP contribution in [0, 0.1) is 0 Å². The Kier molecular flexibility index (Phi) is 3.43. The normalized spacial score (nSPS) is 12.4. The molecule has 3 N–H and O–H groups in total. The molecule has 0 amide bonds. The van der Waals surface area contributed by atoms with Crippen molar-refractivity contribution >= 4 is 23.1 Å². The lowest BCUT2D eigenvalue weighted by Gasteiger charge is -2.16. The third-order valence-electron chi connectivity index (χ3n) is 2.21. The molecule has 0 aliphatic carbocycles. The van der Waals surface area contributed by atoms with Gasteiger partial charge in [0.25, 0.3) is 0 Å². The van der Waals surface area contributed by atoms with E-state index in [9.17, 15) is 0 Å². The number of nitrogens with one attached hydrogen (secondary N) is 1. The summed E-state index contributed by atoms with van der Waals surface area (Å²) in [6.07, 6.45) is 6.88. The standard InChI is InChI=1S/C10H13ClN6/c1-7(5-17-3-2-13-6-17)15-9-8(12)4-14-10(11)16-9/h2-4,6-7H,5,12H2,1H3,(H,14,15,16). The molecule has 0 bridgehead atoms. The molecule has 0 saturated heterocycles. The average molecular weight is 253 g/mol. The summed E-state index contributed by atoms with van der Waals surface area (Å²) >= 11 is 5.71. The van der Waals surface area contributed by atoms with Gasteiger partial charge in [-0.25, -0.2) is 9.97 Å². The molecule has 0 radical (unpaired) electrons. The van der Waals surface area contributed by atoms with Crippen molar-refractivity contribution in [1.29, 1.82) is 0 Å². The summed E-state index contributed by atoms with van der Waals surface area (Å²) in [5.41, 5.74) is 6.22. The molecule has 1 atom stereocenters. The first kappa shape index (κ1) is 11.7. The maximum Gasteiger partial charge on any atom is 0.224 e. The van der Waals surface area contributed by atoms with E-state index in [1.54, 1.807) is 12.5 Å². The number of hydrogen-bond donors (Lipinski definition) is 2. The number of hydrogen-bond acceptors (Lipinski definition) is 5. The van der Waals surface area contributed by atoms with E-state index in [2.05, 4.69) is 20.3 Å². The molecule has 6 nitrogen and oxygen atoms in total. The first-order valence-corrected chi connectivity index (χ1v) is 5.53. The van der Waals surface area contributed by atoms with E-state index in [0.29, 0.717) is 11.5 Å². The van der Waals surface area contributed by atoms with Gasteiger partial charge in [0.2, 0.25) is 5.28 Å². The number of anilines is 2. The summed E-state index contributed by atoms with van der Waals surface area (Å²) in [6, 6.07) is 0.150. The minimum absolute atomic E-state index is 0.150. The van der Waals surface area contributed by atoms with Gasteiger partial charge >= 0.3 is 0 Å². The van der Waals surface area contributed by atoms with Crippen molar-refractivity contribution in [3.05, 3.63) is 30.2 Å². The second-order valence-electron chi connectivity index (χ2n) is 3.75. The van der Waals surface area contributed by atoms with E-state index < -0.39 is 0 Å². The zero-order valence-corrected chi connectivity index (χ0v) is 10.1. The van der Waals surface area contributed by atoms with Gasteiger partial charge in [0.05, 0.1) is 18.2 Å². The second kappa shape index (κ2) is 5.01. The fourth-order valence-corrected chi connectivity index (χ4v) is 1.61. The van der Waals surface area contributed by atoms with Crippen LogP contribution in [0.2, 0.25) is 5.28 Å². The van der Waals surface area contributed by atoms with Crippen molar-refractivity contribution in [3.63, 3.8) is 0 Å². The molecule has 0 spiro atoms. The van der Waals surface area contributed by atoms with Crippen LogP contribution in [-0.4, -0.2) is 25.6 Å². The van der Waals surface area contributed by atoms with Crippen LogP contribution in [0.3, 0.4) is 0 Å². The van der Waals surface area contributed by atoms with Crippen LogP contribution in [0.5, 0.6) is 0 Å². The molecule has 2 rings (SSSR count). The van der Waals surface area contributed by atoms with Gasteiger partial charge in [-0.1, -0.05) is 0 Å². The maximum absolute atomic E-state index is 5.75. The molecule has 7 heteroatoms. The van der Waals surface area contributed by atoms with Crippen molar-refractivity contribution in [2.24, 2.45) is 0 Å². The molecular formula is C10H13ClN6. The summed E-state index contributed by atoms with van der Waals surface area (Å²) in [5.74, 6) is 0.553. The molecule has 17 heavy (non-hydrogen) atoms. The Morgan fingerprint density at radius 3 is 3.12 bits per heavy atom. The minimum atomic E-state index is 0.150. The zero-order chi connectivity index (χ0) is 12.3. The number of aromatic nitrogens is 4. The number of nitrogens with two attached hydrogens (primary N) is 1. The summed E-state index contributed by atoms with van der Waals surface area (Å²) in [7, 11) is 0. The number of halogens is 1. The van der Waals surface area contributed by atoms with Crippen molar-refractivity contribution in [3.8, 4) is 0 Å². The van der Waals surface area contributed by atoms with Crippen LogP contribution >= 0.6 is 11.6 Å². The molecule has 2 aromatic rings. The third-order valence-corrected chi connectivity index (χ3v) is 2.40. The van der Waals surface area contributed by atoms with E-state index in [-0.39, 0.29) is 11.3 Å². The predicted molar refractivity (Wildman–Crippen MR) is 66.8 cm³/mol. The Bertz CT molecular complexity index is 484. The van der Waals surface area contributed by atoms with Gasteiger partial charge in [-0.2, -0.15) is 4.98 Å². The highest BCUT2D eigenvalue weighted by Gasteiger charge is 2.07. The molecule has 0 aliphatic heterocycles. The largest absolute Gasteiger partial charge is 0.394 e. The van der Waals surface area contributed by atoms with Gasteiger partial charge in [-0.3, -0.25) is 0 Å². The average Bonchev–Trinajstić information content (AvgIpc) is 2.76. The van der Waals surface area contributed by atoms with Crippen LogP contribution in [0.4, 0.5) is 11.5 Å². The molecular weight excluding hydrogens is 240 g/mol. The number of nitrogen functional groups attached to an aromatic ring is 1. The molecule has 0 fully saturated rings. The maximum atomic E-state index is 5.75. The molecule has 90 valence electrons. The summed E-state index contributed by atoms with van der Waals surface area (Å²) in [6.45, 7) is 2.79. The molecule has 1 unspecified atom stereocenters. The molecule has 2 aromatic heterocycles. The van der Waals surface area contributed by atoms with E-state index in [1.807, 2.05) is 17.7 Å². The third kappa shape index (κ3) is 3.07. The van der Waals surface area contributed by atoms with Gasteiger partial charge in [-0.15, -0.1) is 0 Å². The Labute approximate surface area is 104 Å². The summed E-state index contributed by atoms with van der Waals surface area (Å²) < 4.78 is 1.97. The van der Waals surface area contributed by atoms with Crippen LogP contribution in [-0.2, 0) is 6.54 Å². The van der Waals surface area contributed by atoms with E-state index >= 15 is 0 Å². The highest BCUT2D eigenvalue weighted by Crippen LogP contribution is 2.16. The van der Waals surface area contributed by atoms with Crippen molar-refractivity contribution < 1.29 is 0 Å². The smallest absolute Gasteiger partial charge is 0.224 e. The highest BCUT2D eigenvalue weighted by molar-refractivity contribution is 6.28. The SMILES string of the molecule is CC(Cn1ccnc1)Nc1nc(Cl)ncc1N. The minimum Gasteiger partial charge on any atom is -0.394 e. The zero-order valence-electron chi connectivity index (χ0n) is 9.34. The van der Waals surface area contributed by atoms with Crippen LogP contribution in [0.15, 0.2) is 24.9 Å². The second-order valence-corrected chi connectivity index (χ2v) is 4.09. The predicted octanol–water partition coefficient (Wildman–Crippen LogP) is 1.41. The fraction of sp³-hybridized carbons (Fsp3) is 0.300. The molecule has 2 heterocycles. The first-order chi connectivity index (χ1) is 8.15. The van der Waals surface area contributed by atoms with Gasteiger partial charge in [-0.05, 0) is 18.5 Å². The van der Waals surface area contributed by atoms with Crippen LogP contribution in [0.1, 0.15) is 6.92 Å². The highest BCUT2D eigenvalue weighted by atomic mass is 35.5. The van der Waals surface area contributed by atoms with E-state index in [0.717, 1.165) is 6.54 Å². The van der Waals surface area contributed by atoms with Crippen molar-refractivity contribution in [2.45, 2.75) is 19.5 Å². The lowest BCUT2D eigenvalue weighted by atomic mass is 10.3. The summed E-state index contributed by atoms with van der Waals surface area (Å²) in [4.78, 5) is 11.8. The number of imidazole rings is 1. The Morgan fingerprint density at radius 2 is 2.41 bits per heavy atom. The number of nitrogens with zero attached hydrogens (tertiary/aromatic N) is 4. The van der Waals surface area contributed by atoms with Gasteiger partial charge in [0, 0.05) is 25.0 Å². The van der Waals surface area contributed by atoms with Crippen LogP contribution in [0.25, 0.3) is 0 Å². The molecule has 0 aromatic carbocycles. The first-order valence-electron chi connectivity index (χ1n) is 5.15. The van der Waals surface area contributed by atoms with Crippen LogP contribution < -0.4 is 11.1 Å². The summed E-state index contributed by atoms with van der Waals surface area (Å²) in [5, 5.41) is 3.36. The van der Waals surface area contributed by atoms with Gasteiger partial charge in [0.15, 0.2) is 5.82 Å². The Hall–Kier alpha value is -1.82. The van der Waals surface area contributed by atoms with E-state index in [4.69, 9.17) is 17.3 Å². The van der Waals surface area contributed by atoms with Gasteiger partial charge in [0.1, 0.15) is 0 Å². The van der Waals surface area contributed by atoms with E-state index in [1.165, 1.54) is 6.20 Å². The number of rotatable bonds is 4. The monoisotopic (exact) mass is 252 g/mol. The van der Waals surface area contributed by atoms with Gasteiger partial charge < -0.3 is 15.6 Å². The molecule has 0 saturated carbocycles. The Morgan fingerprint density at radius 1 is 1.59 bits per heavy atom. The fourth-order valence-electron chi connectivity index (χ4n) is 1.48. The lowest BCUT2D eigenvalue weighted by Crippen LogP contribution is -2.22. The molecule has 0 aliphatic rings. The lowest BCUT2D eigenvalue weighted by molar-refractivity contribution is 0.617.